The van der Waals surface area contributed by atoms with E-state index >= 15 is 0 Å². The van der Waals surface area contributed by atoms with Crippen molar-refractivity contribution in [2.75, 3.05) is 7.11 Å². The van der Waals surface area contributed by atoms with Crippen LogP contribution >= 0.6 is 12.2 Å². The summed E-state index contributed by atoms with van der Waals surface area (Å²) in [4.78, 5) is 11.9. The van der Waals surface area contributed by atoms with Crippen molar-refractivity contribution in [1.82, 2.24) is 0 Å². The van der Waals surface area contributed by atoms with Gasteiger partial charge < -0.3 is 14.9 Å². The highest BCUT2D eigenvalue weighted by Crippen LogP contribution is 2.22. The van der Waals surface area contributed by atoms with Crippen molar-refractivity contribution in [2.45, 2.75) is 0 Å². The molecule has 0 saturated heterocycles. The van der Waals surface area contributed by atoms with E-state index in [0.717, 1.165) is 0 Å². The van der Waals surface area contributed by atoms with Gasteiger partial charge in [-0.15, -0.1) is 0 Å². The van der Waals surface area contributed by atoms with E-state index in [1.54, 1.807) is 18.2 Å². The molecule has 16 heavy (non-hydrogen) atoms. The van der Waals surface area contributed by atoms with Gasteiger partial charge in [0.05, 0.1) is 7.11 Å². The molecular weight excluding hydrogens is 226 g/mol. The summed E-state index contributed by atoms with van der Waals surface area (Å²) in [7, 11) is 1.50. The summed E-state index contributed by atoms with van der Waals surface area (Å²) in [6, 6.07) is 6.36. The van der Waals surface area contributed by atoms with Gasteiger partial charge in [0.1, 0.15) is 21.7 Å². The molecule has 0 saturated carbocycles. The van der Waals surface area contributed by atoms with Crippen LogP contribution in [0.25, 0.3) is 11.0 Å². The molecule has 0 radical (unpaired) electrons. The number of rotatable bonds is 2. The van der Waals surface area contributed by atoms with E-state index in [1.165, 1.54) is 13.2 Å². The number of hydrogen-bond donors (Lipinski definition) is 1. The van der Waals surface area contributed by atoms with Gasteiger partial charge in [0, 0.05) is 6.07 Å². The maximum absolute atomic E-state index is 11.8. The number of thiocarbonyl (C=S) groups is 1. The Bertz CT molecular complexity index is 618. The maximum atomic E-state index is 11.8. The van der Waals surface area contributed by atoms with Gasteiger partial charge in [-0.25, -0.2) is 0 Å². The lowest BCUT2D eigenvalue weighted by Gasteiger charge is -2.04. The van der Waals surface area contributed by atoms with Gasteiger partial charge >= 0.3 is 0 Å². The quantitative estimate of drug-likeness (QED) is 0.798. The summed E-state index contributed by atoms with van der Waals surface area (Å²) in [6.45, 7) is 0. The molecule has 4 nitrogen and oxygen atoms in total. The minimum absolute atomic E-state index is 0.0572. The maximum Gasteiger partial charge on any atom is 0.197 e. The second-order valence-electron chi connectivity index (χ2n) is 3.17. The number of benzene rings is 1. The molecule has 2 aromatic rings. The average Bonchev–Trinajstić information content (AvgIpc) is 2.27. The lowest BCUT2D eigenvalue weighted by atomic mass is 10.2. The van der Waals surface area contributed by atoms with E-state index < -0.39 is 0 Å². The Hall–Kier alpha value is -1.88. The van der Waals surface area contributed by atoms with Crippen molar-refractivity contribution in [2.24, 2.45) is 5.73 Å². The van der Waals surface area contributed by atoms with Crippen LogP contribution in [0.2, 0.25) is 0 Å². The first-order valence-electron chi connectivity index (χ1n) is 4.54. The summed E-state index contributed by atoms with van der Waals surface area (Å²) >= 11 is 4.76. The normalized spacial score (nSPS) is 10.3. The smallest absolute Gasteiger partial charge is 0.197 e. The number of fused-ring (bicyclic) bond motifs is 1. The zero-order valence-electron chi connectivity index (χ0n) is 8.52. The first kappa shape index (κ1) is 10.6. The van der Waals surface area contributed by atoms with E-state index in [4.69, 9.17) is 27.1 Å². The molecule has 0 aliphatic heterocycles. The molecule has 0 bridgehead atoms. The molecule has 1 aromatic heterocycles. The Balaban J connectivity index is 2.86. The van der Waals surface area contributed by atoms with Gasteiger partial charge in [-0.1, -0.05) is 18.3 Å². The SMILES string of the molecule is COc1cccc2oc(C(N)=S)cc(=O)c12. The third kappa shape index (κ3) is 1.65. The Morgan fingerprint density at radius 3 is 2.88 bits per heavy atom. The third-order valence-corrected chi connectivity index (χ3v) is 2.38. The number of ether oxygens (including phenoxy) is 1. The summed E-state index contributed by atoms with van der Waals surface area (Å²) in [5, 5.41) is 0.394. The lowest BCUT2D eigenvalue weighted by molar-refractivity contribution is 0.418. The van der Waals surface area contributed by atoms with Crippen molar-refractivity contribution in [3.63, 3.8) is 0 Å². The molecule has 5 heteroatoms. The summed E-state index contributed by atoms with van der Waals surface area (Å²) in [5.41, 5.74) is 5.60. The number of hydrogen-bond acceptors (Lipinski definition) is 4. The molecule has 1 aromatic carbocycles. The molecular formula is C11H9NO3S. The number of methoxy groups -OCH3 is 1. The van der Waals surface area contributed by atoms with E-state index in [9.17, 15) is 4.79 Å². The third-order valence-electron chi connectivity index (χ3n) is 2.18. The van der Waals surface area contributed by atoms with Gasteiger partial charge in [-0.05, 0) is 12.1 Å². The van der Waals surface area contributed by atoms with Gasteiger partial charge in [0.25, 0.3) is 0 Å². The van der Waals surface area contributed by atoms with Crippen molar-refractivity contribution in [3.05, 3.63) is 40.2 Å². The van der Waals surface area contributed by atoms with E-state index in [1.807, 2.05) is 0 Å². The zero-order chi connectivity index (χ0) is 11.7. The largest absolute Gasteiger partial charge is 0.496 e. The molecule has 0 atom stereocenters. The van der Waals surface area contributed by atoms with Gasteiger partial charge in [0.15, 0.2) is 11.2 Å². The Kier molecular flexibility index (Phi) is 2.62. The van der Waals surface area contributed by atoms with Crippen LogP contribution in [-0.2, 0) is 0 Å². The molecule has 82 valence electrons. The summed E-state index contributed by atoms with van der Waals surface area (Å²) in [5.74, 6) is 0.682. The van der Waals surface area contributed by atoms with Crippen molar-refractivity contribution in [3.8, 4) is 5.75 Å². The molecule has 0 aliphatic rings. The van der Waals surface area contributed by atoms with Crippen molar-refractivity contribution >= 4 is 28.2 Å². The van der Waals surface area contributed by atoms with Crippen LogP contribution in [0.4, 0.5) is 0 Å². The zero-order valence-corrected chi connectivity index (χ0v) is 9.34. The molecule has 0 spiro atoms. The predicted octanol–water partition coefficient (Wildman–Crippen LogP) is 1.44. The second kappa shape index (κ2) is 3.94. The Labute approximate surface area is 96.6 Å². The fraction of sp³-hybridized carbons (Fsp3) is 0.0909. The topological polar surface area (TPSA) is 65.5 Å². The molecule has 0 aliphatic carbocycles. The molecule has 0 fully saturated rings. The van der Waals surface area contributed by atoms with Crippen LogP contribution in [0.3, 0.4) is 0 Å². The number of nitrogens with two attached hydrogens (primary N) is 1. The average molecular weight is 235 g/mol. The second-order valence-corrected chi connectivity index (χ2v) is 3.61. The molecule has 0 unspecified atom stereocenters. The highest BCUT2D eigenvalue weighted by atomic mass is 32.1. The standard InChI is InChI=1S/C11H9NO3S/c1-14-7-3-2-4-8-10(7)6(13)5-9(15-8)11(12)16/h2-5H,1H3,(H2,12,16). The van der Waals surface area contributed by atoms with Crippen molar-refractivity contribution in [1.29, 1.82) is 0 Å². The minimum Gasteiger partial charge on any atom is -0.496 e. The van der Waals surface area contributed by atoms with E-state index in [2.05, 4.69) is 0 Å². The van der Waals surface area contributed by atoms with Crippen LogP contribution in [0.1, 0.15) is 5.76 Å². The molecule has 2 N–H and O–H groups in total. The highest BCUT2D eigenvalue weighted by Gasteiger charge is 2.10. The predicted molar refractivity (Wildman–Crippen MR) is 64.9 cm³/mol. The summed E-state index contributed by atoms with van der Waals surface area (Å²) in [6.07, 6.45) is 0. The van der Waals surface area contributed by atoms with Gasteiger partial charge in [0.2, 0.25) is 0 Å². The lowest BCUT2D eigenvalue weighted by Crippen LogP contribution is -2.13. The van der Waals surface area contributed by atoms with Crippen LogP contribution in [-0.4, -0.2) is 12.1 Å². The van der Waals surface area contributed by atoms with Crippen LogP contribution in [0.15, 0.2) is 33.5 Å². The van der Waals surface area contributed by atoms with Crippen LogP contribution in [0, 0.1) is 0 Å². The Morgan fingerprint density at radius 2 is 2.25 bits per heavy atom. The highest BCUT2D eigenvalue weighted by molar-refractivity contribution is 7.80. The van der Waals surface area contributed by atoms with E-state index in [0.29, 0.717) is 16.7 Å². The first-order chi connectivity index (χ1) is 7.63. The molecule has 0 amide bonds. The van der Waals surface area contributed by atoms with E-state index in [-0.39, 0.29) is 16.2 Å². The van der Waals surface area contributed by atoms with Crippen molar-refractivity contribution < 1.29 is 9.15 Å². The molecule has 2 rings (SSSR count). The van der Waals surface area contributed by atoms with Gasteiger partial charge in [-0.3, -0.25) is 4.79 Å². The minimum atomic E-state index is -0.221. The monoisotopic (exact) mass is 235 g/mol. The summed E-state index contributed by atoms with van der Waals surface area (Å²) < 4.78 is 10.5. The van der Waals surface area contributed by atoms with Crippen LogP contribution in [0.5, 0.6) is 5.75 Å². The van der Waals surface area contributed by atoms with Crippen LogP contribution < -0.4 is 15.9 Å². The van der Waals surface area contributed by atoms with Gasteiger partial charge in [-0.2, -0.15) is 0 Å². The fourth-order valence-electron chi connectivity index (χ4n) is 1.47. The fourth-order valence-corrected chi connectivity index (χ4v) is 1.57. The molecule has 1 heterocycles. The first-order valence-corrected chi connectivity index (χ1v) is 4.95. The Morgan fingerprint density at radius 1 is 1.50 bits per heavy atom.